The van der Waals surface area contributed by atoms with Gasteiger partial charge in [-0.1, -0.05) is 38.8 Å². The highest BCUT2D eigenvalue weighted by atomic mass is 19.1. The van der Waals surface area contributed by atoms with Gasteiger partial charge < -0.3 is 10.6 Å². The molecule has 0 bridgehead atoms. The Bertz CT molecular complexity index is 781. The maximum atomic E-state index is 13.2. The van der Waals surface area contributed by atoms with Gasteiger partial charge >= 0.3 is 6.03 Å². The SMILES string of the molecule is C#CC(CC)(CC)NC(=O)CN1C(=O)N[C@@](CC)(c2ccc(F)cc2)C1=O. The van der Waals surface area contributed by atoms with Crippen LogP contribution >= 0.6 is 0 Å². The lowest BCUT2D eigenvalue weighted by atomic mass is 9.87. The van der Waals surface area contributed by atoms with Gasteiger partial charge in [-0.3, -0.25) is 14.5 Å². The highest BCUT2D eigenvalue weighted by molar-refractivity contribution is 6.09. The Morgan fingerprint density at radius 3 is 2.33 bits per heavy atom. The zero-order valence-corrected chi connectivity index (χ0v) is 15.8. The number of hydrogen-bond donors (Lipinski definition) is 2. The van der Waals surface area contributed by atoms with Gasteiger partial charge in [0.2, 0.25) is 5.91 Å². The Balaban J connectivity index is 2.24. The molecule has 27 heavy (non-hydrogen) atoms. The average Bonchev–Trinajstić information content (AvgIpc) is 2.92. The number of benzene rings is 1. The minimum Gasteiger partial charge on any atom is -0.338 e. The smallest absolute Gasteiger partial charge is 0.325 e. The van der Waals surface area contributed by atoms with Crippen molar-refractivity contribution in [2.75, 3.05) is 6.54 Å². The van der Waals surface area contributed by atoms with Crippen LogP contribution in [0.1, 0.15) is 45.6 Å². The summed E-state index contributed by atoms with van der Waals surface area (Å²) in [5.74, 6) is 1.08. The maximum absolute atomic E-state index is 13.2. The highest BCUT2D eigenvalue weighted by Crippen LogP contribution is 2.32. The van der Waals surface area contributed by atoms with Gasteiger partial charge in [-0.05, 0) is 37.0 Å². The first-order chi connectivity index (χ1) is 12.8. The quantitative estimate of drug-likeness (QED) is 0.569. The summed E-state index contributed by atoms with van der Waals surface area (Å²) in [6.45, 7) is 5.02. The largest absolute Gasteiger partial charge is 0.338 e. The van der Waals surface area contributed by atoms with Crippen molar-refractivity contribution < 1.29 is 18.8 Å². The molecule has 1 aromatic rings. The molecule has 0 aliphatic carbocycles. The lowest BCUT2D eigenvalue weighted by Crippen LogP contribution is -2.51. The van der Waals surface area contributed by atoms with Crippen LogP contribution in [0.5, 0.6) is 0 Å². The zero-order valence-electron chi connectivity index (χ0n) is 15.8. The molecule has 0 spiro atoms. The molecule has 4 amide bonds. The normalized spacial score (nSPS) is 19.6. The Kier molecular flexibility index (Phi) is 5.89. The molecule has 6 nitrogen and oxygen atoms in total. The van der Waals surface area contributed by atoms with Gasteiger partial charge in [-0.2, -0.15) is 0 Å². The molecule has 0 unspecified atom stereocenters. The Morgan fingerprint density at radius 2 is 1.85 bits per heavy atom. The van der Waals surface area contributed by atoms with E-state index in [0.29, 0.717) is 18.4 Å². The van der Waals surface area contributed by atoms with Gasteiger partial charge in [0.25, 0.3) is 5.91 Å². The number of carbonyl (C=O) groups excluding carboxylic acids is 3. The fourth-order valence-corrected chi connectivity index (χ4v) is 3.26. The van der Waals surface area contributed by atoms with E-state index in [0.717, 1.165) is 4.90 Å². The van der Waals surface area contributed by atoms with Crippen LogP contribution in [0.15, 0.2) is 24.3 Å². The second kappa shape index (κ2) is 7.78. The average molecular weight is 373 g/mol. The molecule has 144 valence electrons. The molecule has 2 rings (SSSR count). The van der Waals surface area contributed by atoms with Crippen molar-refractivity contribution in [1.29, 1.82) is 0 Å². The number of urea groups is 1. The Labute approximate surface area is 158 Å². The van der Waals surface area contributed by atoms with E-state index < -0.39 is 41.3 Å². The molecule has 1 fully saturated rings. The molecule has 0 radical (unpaired) electrons. The number of nitrogens with one attached hydrogen (secondary N) is 2. The second-order valence-corrected chi connectivity index (χ2v) is 6.57. The fourth-order valence-electron chi connectivity index (χ4n) is 3.26. The molecule has 2 N–H and O–H groups in total. The molecular formula is C20H24FN3O3. The van der Waals surface area contributed by atoms with E-state index in [1.54, 1.807) is 6.92 Å². The summed E-state index contributed by atoms with van der Waals surface area (Å²) < 4.78 is 13.2. The van der Waals surface area contributed by atoms with Crippen LogP contribution < -0.4 is 10.6 Å². The number of terminal acetylenes is 1. The first kappa shape index (κ1) is 20.4. The molecule has 1 aromatic carbocycles. The number of hydrogen-bond acceptors (Lipinski definition) is 3. The van der Waals surface area contributed by atoms with E-state index in [9.17, 15) is 18.8 Å². The number of imide groups is 1. The third-order valence-corrected chi connectivity index (χ3v) is 5.21. The molecule has 1 heterocycles. The fraction of sp³-hybridized carbons (Fsp3) is 0.450. The van der Waals surface area contributed by atoms with Gasteiger partial charge in [0.05, 0.1) is 0 Å². The standard InChI is InChI=1S/C20H24FN3O3/c1-5-19(6-2,7-3)22-16(25)13-24-17(26)20(8-4,23-18(24)27)14-9-11-15(21)12-10-14/h1,9-12H,6-8,13H2,2-4H3,(H,22,25)(H,23,27)/t20-/m0/s1. The molecule has 1 aliphatic rings. The Morgan fingerprint density at radius 1 is 1.26 bits per heavy atom. The van der Waals surface area contributed by atoms with Crippen molar-refractivity contribution in [2.45, 2.75) is 51.1 Å². The van der Waals surface area contributed by atoms with Gasteiger partial charge in [0.15, 0.2) is 0 Å². The van der Waals surface area contributed by atoms with Crippen LogP contribution in [0.25, 0.3) is 0 Å². The predicted octanol–water partition coefficient (Wildman–Crippen LogP) is 2.29. The van der Waals surface area contributed by atoms with Gasteiger partial charge in [0, 0.05) is 0 Å². The molecule has 7 heteroatoms. The first-order valence-electron chi connectivity index (χ1n) is 8.96. The molecule has 1 atom stereocenters. The number of nitrogens with zero attached hydrogens (tertiary/aromatic N) is 1. The zero-order chi connectivity index (χ0) is 20.2. The van der Waals surface area contributed by atoms with Crippen molar-refractivity contribution in [1.82, 2.24) is 15.5 Å². The Hall–Kier alpha value is -2.88. The third kappa shape index (κ3) is 3.65. The van der Waals surface area contributed by atoms with Crippen molar-refractivity contribution in [3.8, 4) is 12.3 Å². The van der Waals surface area contributed by atoms with Gasteiger partial charge in [0.1, 0.15) is 23.4 Å². The topological polar surface area (TPSA) is 78.5 Å². The lowest BCUT2D eigenvalue weighted by Gasteiger charge is -2.28. The van der Waals surface area contributed by atoms with Crippen molar-refractivity contribution in [3.05, 3.63) is 35.6 Å². The number of rotatable bonds is 7. The van der Waals surface area contributed by atoms with Crippen LogP contribution in [0.3, 0.4) is 0 Å². The first-order valence-corrected chi connectivity index (χ1v) is 8.96. The molecule has 0 aromatic heterocycles. The van der Waals surface area contributed by atoms with Crippen molar-refractivity contribution in [2.24, 2.45) is 0 Å². The molecular weight excluding hydrogens is 349 g/mol. The van der Waals surface area contributed by atoms with E-state index in [1.165, 1.54) is 24.3 Å². The van der Waals surface area contributed by atoms with E-state index in [4.69, 9.17) is 6.42 Å². The summed E-state index contributed by atoms with van der Waals surface area (Å²) >= 11 is 0. The van der Waals surface area contributed by atoms with Crippen molar-refractivity contribution >= 4 is 17.8 Å². The molecule has 0 saturated carbocycles. The number of carbonyl (C=O) groups is 3. The van der Waals surface area contributed by atoms with Crippen molar-refractivity contribution in [3.63, 3.8) is 0 Å². The summed E-state index contributed by atoms with van der Waals surface area (Å²) in [7, 11) is 0. The van der Waals surface area contributed by atoms with Crippen LogP contribution in [-0.4, -0.2) is 34.8 Å². The van der Waals surface area contributed by atoms with E-state index in [-0.39, 0.29) is 6.42 Å². The predicted molar refractivity (Wildman–Crippen MR) is 98.9 cm³/mol. The van der Waals surface area contributed by atoms with Crippen LogP contribution in [-0.2, 0) is 15.1 Å². The van der Waals surface area contributed by atoms with Gasteiger partial charge in [-0.15, -0.1) is 6.42 Å². The van der Waals surface area contributed by atoms with Crippen LogP contribution in [0.2, 0.25) is 0 Å². The summed E-state index contributed by atoms with van der Waals surface area (Å²) in [5, 5.41) is 5.40. The molecule has 1 aliphatic heterocycles. The minimum absolute atomic E-state index is 0.263. The summed E-state index contributed by atoms with van der Waals surface area (Å²) in [6, 6.07) is 4.70. The summed E-state index contributed by atoms with van der Waals surface area (Å²) in [6.07, 6.45) is 6.86. The van der Waals surface area contributed by atoms with E-state index >= 15 is 0 Å². The lowest BCUT2D eigenvalue weighted by molar-refractivity contribution is -0.135. The number of halogens is 1. The maximum Gasteiger partial charge on any atom is 0.325 e. The van der Waals surface area contributed by atoms with Crippen LogP contribution in [0, 0.1) is 18.2 Å². The van der Waals surface area contributed by atoms with Crippen LogP contribution in [0.4, 0.5) is 9.18 Å². The summed E-state index contributed by atoms with van der Waals surface area (Å²) in [4.78, 5) is 38.7. The van der Waals surface area contributed by atoms with E-state index in [1.807, 2.05) is 13.8 Å². The molecule has 1 saturated heterocycles. The van der Waals surface area contributed by atoms with E-state index in [2.05, 4.69) is 16.6 Å². The monoisotopic (exact) mass is 373 g/mol. The summed E-state index contributed by atoms with van der Waals surface area (Å²) in [5.41, 5.74) is -1.66. The van der Waals surface area contributed by atoms with Gasteiger partial charge in [-0.25, -0.2) is 9.18 Å². The highest BCUT2D eigenvalue weighted by Gasteiger charge is 2.51. The number of amides is 4. The third-order valence-electron chi connectivity index (χ3n) is 5.21. The minimum atomic E-state index is -1.32. The second-order valence-electron chi connectivity index (χ2n) is 6.57.